The molecule has 4 rings (SSSR count). The van der Waals surface area contributed by atoms with Gasteiger partial charge in [0.25, 0.3) is 5.91 Å². The lowest BCUT2D eigenvalue weighted by Gasteiger charge is -2.15. The van der Waals surface area contributed by atoms with Crippen molar-refractivity contribution in [2.45, 2.75) is 45.4 Å². The molecule has 1 N–H and O–H groups in total. The SMILES string of the molecule is CCCS(=O)(=O)Cc1ccc(C(=O)Nc2ccc3cc(CN4CCCC4)cnc3c2C)cc1. The monoisotopic (exact) mass is 465 g/mol. The van der Waals surface area contributed by atoms with Crippen LogP contribution in [0.15, 0.2) is 48.7 Å². The fourth-order valence-corrected chi connectivity index (χ4v) is 5.86. The number of nitrogens with zero attached hydrogens (tertiary/aromatic N) is 2. The summed E-state index contributed by atoms with van der Waals surface area (Å²) < 4.78 is 24.0. The van der Waals surface area contributed by atoms with Crippen molar-refractivity contribution in [3.63, 3.8) is 0 Å². The molecule has 0 bridgehead atoms. The smallest absolute Gasteiger partial charge is 0.255 e. The van der Waals surface area contributed by atoms with E-state index in [0.717, 1.165) is 41.8 Å². The van der Waals surface area contributed by atoms with E-state index in [1.807, 2.05) is 32.2 Å². The molecule has 0 atom stereocenters. The Kier molecular flexibility index (Phi) is 7.10. The van der Waals surface area contributed by atoms with Gasteiger partial charge in [-0.1, -0.05) is 25.1 Å². The van der Waals surface area contributed by atoms with Gasteiger partial charge in [-0.15, -0.1) is 0 Å². The van der Waals surface area contributed by atoms with Crippen LogP contribution in [0.1, 0.15) is 53.2 Å². The van der Waals surface area contributed by atoms with Crippen LogP contribution in [0.25, 0.3) is 10.9 Å². The van der Waals surface area contributed by atoms with Gasteiger partial charge >= 0.3 is 0 Å². The van der Waals surface area contributed by atoms with Crippen LogP contribution in [-0.2, 0) is 22.1 Å². The van der Waals surface area contributed by atoms with Gasteiger partial charge in [0, 0.05) is 29.4 Å². The number of carbonyl (C=O) groups excluding carboxylic acids is 1. The number of aryl methyl sites for hydroxylation is 1. The van der Waals surface area contributed by atoms with Crippen molar-refractivity contribution >= 4 is 32.3 Å². The second kappa shape index (κ2) is 10.0. The van der Waals surface area contributed by atoms with Gasteiger partial charge in [0.05, 0.1) is 17.0 Å². The van der Waals surface area contributed by atoms with Crippen molar-refractivity contribution in [2.75, 3.05) is 24.2 Å². The van der Waals surface area contributed by atoms with Crippen LogP contribution in [0.5, 0.6) is 0 Å². The van der Waals surface area contributed by atoms with Crippen LogP contribution in [0, 0.1) is 6.92 Å². The number of benzene rings is 2. The van der Waals surface area contributed by atoms with Crippen LogP contribution in [0.3, 0.4) is 0 Å². The number of aromatic nitrogens is 1. The van der Waals surface area contributed by atoms with Crippen LogP contribution in [0.4, 0.5) is 5.69 Å². The molecule has 0 aliphatic carbocycles. The highest BCUT2D eigenvalue weighted by Gasteiger charge is 2.15. The Labute approximate surface area is 195 Å². The first-order valence-corrected chi connectivity index (χ1v) is 13.4. The minimum Gasteiger partial charge on any atom is -0.322 e. The summed E-state index contributed by atoms with van der Waals surface area (Å²) in [4.78, 5) is 19.9. The van der Waals surface area contributed by atoms with Crippen molar-refractivity contribution in [1.29, 1.82) is 0 Å². The number of nitrogens with one attached hydrogen (secondary N) is 1. The standard InChI is InChI=1S/C26H31N3O3S/c1-3-14-33(31,32)18-20-6-8-22(9-7-20)26(30)28-24-11-10-23-15-21(16-27-25(23)19(24)2)17-29-12-4-5-13-29/h6-11,15-16H,3-5,12-14,17-18H2,1-2H3,(H,28,30). The second-order valence-corrected chi connectivity index (χ2v) is 11.1. The van der Waals surface area contributed by atoms with Gasteiger partial charge in [0.15, 0.2) is 9.84 Å². The highest BCUT2D eigenvalue weighted by atomic mass is 32.2. The number of carbonyl (C=O) groups is 1. The maximum Gasteiger partial charge on any atom is 0.255 e. The molecule has 7 heteroatoms. The van der Waals surface area contributed by atoms with Crippen molar-refractivity contribution in [3.05, 3.63) is 70.9 Å². The highest BCUT2D eigenvalue weighted by molar-refractivity contribution is 7.90. The van der Waals surface area contributed by atoms with Gasteiger partial charge in [0.1, 0.15) is 0 Å². The Bertz CT molecular complexity index is 1250. The lowest BCUT2D eigenvalue weighted by molar-refractivity contribution is 0.102. The zero-order chi connectivity index (χ0) is 23.4. The van der Waals surface area contributed by atoms with E-state index in [9.17, 15) is 13.2 Å². The summed E-state index contributed by atoms with van der Waals surface area (Å²) in [7, 11) is -3.11. The van der Waals surface area contributed by atoms with Gasteiger partial charge in [-0.2, -0.15) is 0 Å². The van der Waals surface area contributed by atoms with Crippen molar-refractivity contribution in [3.8, 4) is 0 Å². The molecule has 0 radical (unpaired) electrons. The number of hydrogen-bond acceptors (Lipinski definition) is 5. The molecule has 33 heavy (non-hydrogen) atoms. The predicted molar refractivity (Wildman–Crippen MR) is 133 cm³/mol. The Hall–Kier alpha value is -2.77. The minimum absolute atomic E-state index is 0.00204. The number of sulfone groups is 1. The number of rotatable bonds is 8. The van der Waals surface area contributed by atoms with Crippen LogP contribution in [-0.4, -0.2) is 43.1 Å². The first kappa shape index (κ1) is 23.4. The molecule has 0 spiro atoms. The number of amides is 1. The third-order valence-electron chi connectivity index (χ3n) is 6.13. The van der Waals surface area contributed by atoms with Crippen LogP contribution in [0.2, 0.25) is 0 Å². The van der Waals surface area contributed by atoms with Crippen molar-refractivity contribution in [1.82, 2.24) is 9.88 Å². The fraction of sp³-hybridized carbons (Fsp3) is 0.385. The van der Waals surface area contributed by atoms with E-state index in [2.05, 4.69) is 21.3 Å². The highest BCUT2D eigenvalue weighted by Crippen LogP contribution is 2.26. The largest absolute Gasteiger partial charge is 0.322 e. The fourth-order valence-electron chi connectivity index (χ4n) is 4.40. The molecule has 2 heterocycles. The molecule has 1 saturated heterocycles. The lowest BCUT2D eigenvalue weighted by Crippen LogP contribution is -2.18. The Morgan fingerprint density at radius 2 is 1.79 bits per heavy atom. The van der Waals surface area contributed by atoms with Crippen LogP contribution < -0.4 is 5.32 Å². The summed E-state index contributed by atoms with van der Waals surface area (Å²) in [6.07, 6.45) is 5.07. The second-order valence-electron chi connectivity index (χ2n) is 8.88. The Morgan fingerprint density at radius 3 is 2.48 bits per heavy atom. The summed E-state index contributed by atoms with van der Waals surface area (Å²) in [6.45, 7) is 7.04. The first-order valence-electron chi connectivity index (χ1n) is 11.6. The molecule has 1 aliphatic rings. The summed E-state index contributed by atoms with van der Waals surface area (Å²) in [5, 5.41) is 4.04. The summed E-state index contributed by atoms with van der Waals surface area (Å²) in [5.74, 6) is -0.0616. The predicted octanol–water partition coefficient (Wildman–Crippen LogP) is 4.72. The van der Waals surface area contributed by atoms with Gasteiger partial charge in [-0.3, -0.25) is 14.7 Å². The number of anilines is 1. The van der Waals surface area contributed by atoms with Gasteiger partial charge in [-0.05, 0) is 80.2 Å². The Morgan fingerprint density at radius 1 is 1.06 bits per heavy atom. The van der Waals surface area contributed by atoms with Gasteiger partial charge < -0.3 is 5.32 Å². The molecule has 3 aromatic rings. The zero-order valence-electron chi connectivity index (χ0n) is 19.3. The number of likely N-dealkylation sites (tertiary alicyclic amines) is 1. The molecule has 174 valence electrons. The third-order valence-corrected chi connectivity index (χ3v) is 7.94. The topological polar surface area (TPSA) is 79.4 Å². The van der Waals surface area contributed by atoms with E-state index >= 15 is 0 Å². The van der Waals surface area contributed by atoms with E-state index in [1.54, 1.807) is 24.3 Å². The molecule has 6 nitrogen and oxygen atoms in total. The quantitative estimate of drug-likeness (QED) is 0.521. The van der Waals surface area contributed by atoms with Gasteiger partial charge in [0.2, 0.25) is 0 Å². The molecule has 1 fully saturated rings. The average molecular weight is 466 g/mol. The minimum atomic E-state index is -3.11. The van der Waals surface area contributed by atoms with E-state index in [4.69, 9.17) is 0 Å². The van der Waals surface area contributed by atoms with E-state index < -0.39 is 9.84 Å². The lowest BCUT2D eigenvalue weighted by atomic mass is 10.1. The summed E-state index contributed by atoms with van der Waals surface area (Å²) in [6, 6.07) is 12.9. The van der Waals surface area contributed by atoms with Crippen molar-refractivity contribution in [2.24, 2.45) is 0 Å². The first-order chi connectivity index (χ1) is 15.8. The van der Waals surface area contributed by atoms with Crippen LogP contribution >= 0.6 is 0 Å². The summed E-state index contributed by atoms with van der Waals surface area (Å²) in [5.41, 5.74) is 4.92. The van der Waals surface area contributed by atoms with E-state index in [-0.39, 0.29) is 17.4 Å². The molecule has 0 saturated carbocycles. The van der Waals surface area contributed by atoms with E-state index in [0.29, 0.717) is 17.5 Å². The molecule has 0 unspecified atom stereocenters. The van der Waals surface area contributed by atoms with E-state index in [1.165, 1.54) is 18.4 Å². The zero-order valence-corrected chi connectivity index (χ0v) is 20.1. The summed E-state index contributed by atoms with van der Waals surface area (Å²) >= 11 is 0. The van der Waals surface area contributed by atoms with Gasteiger partial charge in [-0.25, -0.2) is 8.42 Å². The maximum atomic E-state index is 12.8. The maximum absolute atomic E-state index is 12.8. The Balaban J connectivity index is 1.46. The third kappa shape index (κ3) is 5.78. The normalized spacial score (nSPS) is 14.6. The average Bonchev–Trinajstić information content (AvgIpc) is 3.29. The number of fused-ring (bicyclic) bond motifs is 1. The number of hydrogen-bond donors (Lipinski definition) is 1. The molecule has 2 aromatic carbocycles. The van der Waals surface area contributed by atoms with Crippen molar-refractivity contribution < 1.29 is 13.2 Å². The molecule has 1 aliphatic heterocycles. The number of pyridine rings is 1. The molecular formula is C26H31N3O3S. The molecular weight excluding hydrogens is 434 g/mol. The molecule has 1 amide bonds. The molecule has 1 aromatic heterocycles.